The highest BCUT2D eigenvalue weighted by molar-refractivity contribution is 7.78. The van der Waals surface area contributed by atoms with Gasteiger partial charge in [0, 0.05) is 6.54 Å². The predicted molar refractivity (Wildman–Crippen MR) is 57.4 cm³/mol. The van der Waals surface area contributed by atoms with Crippen LogP contribution in [0.5, 0.6) is 0 Å². The van der Waals surface area contributed by atoms with Crippen LogP contribution in [-0.4, -0.2) is 34.7 Å². The standard InChI is InChI=1S/C9H12N2O3S/c12-7-6-8(13)11(9(14)10-7)4-2-1-3-5-15/h5H,1-4,6H2,(H,10,12,14). The van der Waals surface area contributed by atoms with Crippen LogP contribution >= 0.6 is 12.2 Å². The molecule has 1 heterocycles. The molecular formula is C9H12N2O3S. The van der Waals surface area contributed by atoms with Crippen LogP contribution in [-0.2, 0) is 9.59 Å². The molecule has 0 aliphatic carbocycles. The van der Waals surface area contributed by atoms with Gasteiger partial charge in [-0.2, -0.15) is 0 Å². The number of hydrogen-bond acceptors (Lipinski definition) is 4. The maximum atomic E-state index is 11.3. The van der Waals surface area contributed by atoms with Crippen molar-refractivity contribution in [2.24, 2.45) is 0 Å². The molecule has 0 spiro atoms. The fraction of sp³-hybridized carbons (Fsp3) is 0.556. The van der Waals surface area contributed by atoms with Crippen LogP contribution in [0.1, 0.15) is 25.7 Å². The lowest BCUT2D eigenvalue weighted by atomic mass is 10.2. The normalized spacial score (nSPS) is 16.5. The zero-order chi connectivity index (χ0) is 11.3. The number of barbiturate groups is 1. The second-order valence-electron chi connectivity index (χ2n) is 3.24. The lowest BCUT2D eigenvalue weighted by molar-refractivity contribution is -0.136. The second-order valence-corrected chi connectivity index (χ2v) is 3.57. The minimum atomic E-state index is -0.612. The number of amides is 4. The highest BCUT2D eigenvalue weighted by atomic mass is 32.1. The van der Waals surface area contributed by atoms with Gasteiger partial charge in [0.2, 0.25) is 11.8 Å². The quantitative estimate of drug-likeness (QED) is 0.425. The number of carbonyl (C=O) groups excluding carboxylic acids is 3. The van der Waals surface area contributed by atoms with Gasteiger partial charge in [-0.1, -0.05) is 12.2 Å². The molecule has 1 aliphatic rings. The Kier molecular flexibility index (Phi) is 4.36. The maximum Gasteiger partial charge on any atom is 0.330 e. The highest BCUT2D eigenvalue weighted by Crippen LogP contribution is 2.05. The molecule has 5 nitrogen and oxygen atoms in total. The first-order valence-electron chi connectivity index (χ1n) is 4.73. The average Bonchev–Trinajstić information content (AvgIpc) is 2.15. The van der Waals surface area contributed by atoms with Crippen molar-refractivity contribution in [3.63, 3.8) is 0 Å². The molecule has 0 bridgehead atoms. The number of rotatable bonds is 5. The van der Waals surface area contributed by atoms with Crippen LogP contribution in [0.25, 0.3) is 0 Å². The molecule has 1 saturated heterocycles. The lowest BCUT2D eigenvalue weighted by Crippen LogP contribution is -2.52. The molecular weight excluding hydrogens is 216 g/mol. The van der Waals surface area contributed by atoms with E-state index in [0.29, 0.717) is 13.0 Å². The molecule has 1 aliphatic heterocycles. The molecule has 0 aromatic heterocycles. The monoisotopic (exact) mass is 228 g/mol. The third kappa shape index (κ3) is 3.39. The first-order valence-corrected chi connectivity index (χ1v) is 5.20. The molecule has 0 radical (unpaired) electrons. The summed E-state index contributed by atoms with van der Waals surface area (Å²) in [5.74, 6) is -0.953. The van der Waals surface area contributed by atoms with E-state index in [1.165, 1.54) is 0 Å². The fourth-order valence-corrected chi connectivity index (χ4v) is 1.47. The van der Waals surface area contributed by atoms with Gasteiger partial charge in [0.15, 0.2) is 0 Å². The summed E-state index contributed by atoms with van der Waals surface area (Å²) in [5, 5.41) is 3.73. The van der Waals surface area contributed by atoms with Crippen molar-refractivity contribution in [2.75, 3.05) is 6.54 Å². The van der Waals surface area contributed by atoms with E-state index in [1.807, 2.05) is 0 Å². The van der Waals surface area contributed by atoms with Gasteiger partial charge in [-0.3, -0.25) is 19.8 Å². The number of unbranched alkanes of at least 4 members (excludes halogenated alkanes) is 2. The van der Waals surface area contributed by atoms with Gasteiger partial charge in [-0.15, -0.1) is 0 Å². The van der Waals surface area contributed by atoms with Crippen molar-refractivity contribution < 1.29 is 14.4 Å². The van der Waals surface area contributed by atoms with Crippen LogP contribution in [0.4, 0.5) is 4.79 Å². The Hall–Kier alpha value is -1.30. The van der Waals surface area contributed by atoms with E-state index in [9.17, 15) is 14.4 Å². The summed E-state index contributed by atoms with van der Waals surface area (Å²) in [6.45, 7) is 0.348. The van der Waals surface area contributed by atoms with Gasteiger partial charge in [0.05, 0.1) is 0 Å². The minimum absolute atomic E-state index is 0.237. The van der Waals surface area contributed by atoms with Crippen LogP contribution in [0, 0.1) is 0 Å². The number of hydrogen-bond donors (Lipinski definition) is 1. The second kappa shape index (κ2) is 5.55. The average molecular weight is 228 g/mol. The van der Waals surface area contributed by atoms with E-state index in [2.05, 4.69) is 17.5 Å². The molecule has 15 heavy (non-hydrogen) atoms. The lowest BCUT2D eigenvalue weighted by Gasteiger charge is -2.24. The van der Waals surface area contributed by atoms with Crippen molar-refractivity contribution in [1.82, 2.24) is 10.2 Å². The van der Waals surface area contributed by atoms with Crippen LogP contribution in [0.2, 0.25) is 0 Å². The summed E-state index contributed by atoms with van der Waals surface area (Å²) in [6, 6.07) is -0.612. The maximum absolute atomic E-state index is 11.3. The van der Waals surface area contributed by atoms with Crippen molar-refractivity contribution in [3.8, 4) is 0 Å². The van der Waals surface area contributed by atoms with Crippen molar-refractivity contribution in [3.05, 3.63) is 0 Å². The summed E-state index contributed by atoms with van der Waals surface area (Å²) >= 11 is 4.65. The predicted octanol–water partition coefficient (Wildman–Crippen LogP) is 0.625. The number of nitrogens with one attached hydrogen (secondary N) is 1. The Labute approximate surface area is 92.8 Å². The molecule has 82 valence electrons. The Bertz CT molecular complexity index is 284. The largest absolute Gasteiger partial charge is 0.330 e. The van der Waals surface area contributed by atoms with E-state index in [0.717, 1.165) is 17.7 Å². The van der Waals surface area contributed by atoms with Gasteiger partial charge >= 0.3 is 6.03 Å². The molecule has 1 rings (SSSR count). The van der Waals surface area contributed by atoms with Crippen LogP contribution < -0.4 is 5.32 Å². The van der Waals surface area contributed by atoms with Gasteiger partial charge in [0.25, 0.3) is 0 Å². The first-order chi connectivity index (χ1) is 7.15. The van der Waals surface area contributed by atoms with Crippen LogP contribution in [0.3, 0.4) is 0 Å². The van der Waals surface area contributed by atoms with Crippen molar-refractivity contribution in [1.29, 1.82) is 0 Å². The number of thiocarbonyl (C=S) groups is 1. The number of nitrogens with zero attached hydrogens (tertiary/aromatic N) is 1. The summed E-state index contributed by atoms with van der Waals surface area (Å²) in [6.07, 6.45) is 2.10. The molecule has 0 atom stereocenters. The molecule has 1 fully saturated rings. The van der Waals surface area contributed by atoms with E-state index in [4.69, 9.17) is 0 Å². The Morgan fingerprint density at radius 2 is 2.07 bits per heavy atom. The number of carbonyl (C=O) groups is 3. The van der Waals surface area contributed by atoms with Gasteiger partial charge in [0.1, 0.15) is 6.42 Å². The highest BCUT2D eigenvalue weighted by Gasteiger charge is 2.29. The smallest absolute Gasteiger partial charge is 0.277 e. The summed E-state index contributed by atoms with van der Waals surface area (Å²) < 4.78 is 0. The Morgan fingerprint density at radius 3 is 2.67 bits per heavy atom. The van der Waals surface area contributed by atoms with E-state index < -0.39 is 17.8 Å². The third-order valence-corrected chi connectivity index (χ3v) is 2.29. The van der Waals surface area contributed by atoms with Gasteiger partial charge in [-0.25, -0.2) is 4.79 Å². The Morgan fingerprint density at radius 1 is 1.33 bits per heavy atom. The van der Waals surface area contributed by atoms with E-state index in [-0.39, 0.29) is 6.42 Å². The number of imide groups is 2. The molecule has 6 heteroatoms. The first kappa shape index (κ1) is 11.8. The molecule has 1 N–H and O–H groups in total. The fourth-order valence-electron chi connectivity index (χ4n) is 1.30. The topological polar surface area (TPSA) is 66.5 Å². The van der Waals surface area contributed by atoms with Gasteiger partial charge in [-0.05, 0) is 24.6 Å². The molecule has 4 amide bonds. The van der Waals surface area contributed by atoms with Crippen LogP contribution in [0.15, 0.2) is 0 Å². The Balaban J connectivity index is 2.39. The third-order valence-electron chi connectivity index (χ3n) is 2.06. The number of urea groups is 1. The summed E-state index contributed by atoms with van der Waals surface area (Å²) in [4.78, 5) is 34.4. The van der Waals surface area contributed by atoms with Gasteiger partial charge < -0.3 is 0 Å². The molecule has 0 aromatic rings. The zero-order valence-electron chi connectivity index (χ0n) is 8.19. The SMILES string of the molecule is O=C1CC(=O)N(CCCCC=S)C(=O)N1. The minimum Gasteiger partial charge on any atom is -0.277 e. The molecule has 0 saturated carbocycles. The van der Waals surface area contributed by atoms with E-state index in [1.54, 1.807) is 5.37 Å². The zero-order valence-corrected chi connectivity index (χ0v) is 9.01. The summed E-state index contributed by atoms with van der Waals surface area (Å²) in [5.41, 5.74) is 0. The molecule has 0 unspecified atom stereocenters. The van der Waals surface area contributed by atoms with Crippen molar-refractivity contribution in [2.45, 2.75) is 25.7 Å². The van der Waals surface area contributed by atoms with E-state index >= 15 is 0 Å². The summed E-state index contributed by atoms with van der Waals surface area (Å²) in [7, 11) is 0. The van der Waals surface area contributed by atoms with Crippen molar-refractivity contribution >= 4 is 35.4 Å². The molecule has 0 aromatic carbocycles.